The van der Waals surface area contributed by atoms with Crippen LogP contribution in [0.2, 0.25) is 0 Å². The highest BCUT2D eigenvalue weighted by atomic mass is 16.6. The van der Waals surface area contributed by atoms with Gasteiger partial charge in [0, 0.05) is 35.8 Å². The Morgan fingerprint density at radius 2 is 0.818 bits per heavy atom. The maximum Gasteiger partial charge on any atom is 0.269 e. The van der Waals surface area contributed by atoms with Gasteiger partial charge in [-0.3, -0.25) is 10.1 Å². The number of hydrogen-bond donors (Lipinski definition) is 0. The first-order valence-electron chi connectivity index (χ1n) is 11.8. The zero-order valence-corrected chi connectivity index (χ0v) is 17.9. The van der Waals surface area contributed by atoms with Crippen LogP contribution in [0.3, 0.4) is 0 Å². The van der Waals surface area contributed by atoms with Gasteiger partial charge in [0.15, 0.2) is 0 Å². The van der Waals surface area contributed by atoms with Crippen LogP contribution in [0.4, 0.5) is 5.69 Å². The molecule has 0 saturated carbocycles. The Kier molecular flexibility index (Phi) is 3.23. The van der Waals surface area contributed by atoms with E-state index >= 15 is 0 Å². The van der Waals surface area contributed by atoms with Gasteiger partial charge in [-0.05, 0) is 56.3 Å². The normalized spacial score (nSPS) is 28.8. The van der Waals surface area contributed by atoms with Crippen molar-refractivity contribution < 1.29 is 4.92 Å². The SMILES string of the molecule is O=[N+]([O-])c1ccc2c(c1)C1c3ccccc3C2C2C3c4ccccc4C(c4ccccc43)C12. The van der Waals surface area contributed by atoms with Gasteiger partial charge in [-0.2, -0.15) is 0 Å². The molecule has 0 aliphatic heterocycles. The third-order valence-corrected chi connectivity index (χ3v) is 8.93. The maximum absolute atomic E-state index is 11.7. The monoisotopic (exact) mass is 427 g/mol. The van der Waals surface area contributed by atoms with Crippen LogP contribution < -0.4 is 0 Å². The van der Waals surface area contributed by atoms with Gasteiger partial charge in [-0.15, -0.1) is 0 Å². The summed E-state index contributed by atoms with van der Waals surface area (Å²) < 4.78 is 0. The molecule has 0 spiro atoms. The average molecular weight is 428 g/mol. The molecule has 0 amide bonds. The summed E-state index contributed by atoms with van der Waals surface area (Å²) in [5.74, 6) is 2.00. The lowest BCUT2D eigenvalue weighted by Gasteiger charge is -2.61. The topological polar surface area (TPSA) is 43.1 Å². The number of rotatable bonds is 1. The molecule has 10 rings (SSSR count). The molecule has 0 radical (unpaired) electrons. The van der Waals surface area contributed by atoms with E-state index in [1.54, 1.807) is 6.07 Å². The van der Waals surface area contributed by atoms with Crippen LogP contribution in [-0.2, 0) is 0 Å². The van der Waals surface area contributed by atoms with Crippen molar-refractivity contribution >= 4 is 5.69 Å². The van der Waals surface area contributed by atoms with E-state index in [2.05, 4.69) is 78.9 Å². The molecule has 6 aliphatic rings. The van der Waals surface area contributed by atoms with Crippen LogP contribution in [0.15, 0.2) is 91.0 Å². The summed E-state index contributed by atoms with van der Waals surface area (Å²) in [6, 6.07) is 32.5. The van der Waals surface area contributed by atoms with E-state index in [-0.39, 0.29) is 22.4 Å². The Balaban J connectivity index is 1.47. The quantitative estimate of drug-likeness (QED) is 0.250. The summed E-state index contributed by atoms with van der Waals surface area (Å²) in [6.45, 7) is 0. The molecule has 4 unspecified atom stereocenters. The van der Waals surface area contributed by atoms with Gasteiger partial charge in [0.2, 0.25) is 0 Å². The Labute approximate surface area is 191 Å². The first kappa shape index (κ1) is 17.8. The minimum absolute atomic E-state index is 0.181. The molecule has 0 heterocycles. The predicted octanol–water partition coefficient (Wildman–Crippen LogP) is 6.71. The molecular weight excluding hydrogens is 406 g/mol. The number of nitrogens with zero attached hydrogens (tertiary/aromatic N) is 1. The van der Waals surface area contributed by atoms with E-state index in [1.165, 1.54) is 44.5 Å². The van der Waals surface area contributed by atoms with Gasteiger partial charge in [0.1, 0.15) is 0 Å². The third-order valence-electron chi connectivity index (χ3n) is 8.93. The Morgan fingerprint density at radius 1 is 0.485 bits per heavy atom. The van der Waals surface area contributed by atoms with Crippen LogP contribution in [-0.4, -0.2) is 4.92 Å². The lowest BCUT2D eigenvalue weighted by molar-refractivity contribution is -0.385. The number of non-ortho nitro benzene ring substituents is 1. The van der Waals surface area contributed by atoms with Crippen molar-refractivity contribution in [3.05, 3.63) is 146 Å². The van der Waals surface area contributed by atoms with Gasteiger partial charge in [-0.1, -0.05) is 78.9 Å². The van der Waals surface area contributed by atoms with Gasteiger partial charge in [0.25, 0.3) is 5.69 Å². The van der Waals surface area contributed by atoms with Crippen molar-refractivity contribution in [3.63, 3.8) is 0 Å². The Bertz CT molecular complexity index is 1460. The summed E-state index contributed by atoms with van der Waals surface area (Å²) in [5, 5.41) is 11.7. The first-order chi connectivity index (χ1) is 16.2. The van der Waals surface area contributed by atoms with E-state index in [0.717, 1.165) is 0 Å². The molecule has 158 valence electrons. The van der Waals surface area contributed by atoms with Crippen molar-refractivity contribution in [2.75, 3.05) is 0 Å². The molecule has 0 fully saturated rings. The molecule has 4 aromatic carbocycles. The molecule has 0 aromatic heterocycles. The first-order valence-corrected chi connectivity index (χ1v) is 11.8. The average Bonchev–Trinajstić information content (AvgIpc) is 2.87. The molecule has 4 aromatic rings. The lowest BCUT2D eigenvalue weighted by Crippen LogP contribution is -2.51. The summed E-state index contributed by atoms with van der Waals surface area (Å²) >= 11 is 0. The van der Waals surface area contributed by atoms with Gasteiger partial charge >= 0.3 is 0 Å². The molecule has 6 aliphatic carbocycles. The lowest BCUT2D eigenvalue weighted by atomic mass is 9.41. The number of hydrogen-bond acceptors (Lipinski definition) is 2. The predicted molar refractivity (Wildman–Crippen MR) is 127 cm³/mol. The highest BCUT2D eigenvalue weighted by Crippen LogP contribution is 2.71. The number of nitro groups is 1. The fourth-order valence-corrected chi connectivity index (χ4v) is 8.06. The largest absolute Gasteiger partial charge is 0.269 e. The molecule has 4 bridgehead atoms. The third kappa shape index (κ3) is 2.02. The fourth-order valence-electron chi connectivity index (χ4n) is 8.06. The van der Waals surface area contributed by atoms with E-state index in [1.807, 2.05) is 6.07 Å². The smallest absolute Gasteiger partial charge is 0.258 e. The molecule has 3 heteroatoms. The standard InChI is InChI=1S/C30H21NO2/c32-31(33)16-13-14-23-24(15-16)28-22-12-6-5-11-21(22)27(23)29-25-17-7-1-3-9-19(17)26(30(28)29)20-10-4-2-8-18(20)25/h1-15,25-30H. The van der Waals surface area contributed by atoms with Crippen LogP contribution in [0.5, 0.6) is 0 Å². The highest BCUT2D eigenvalue weighted by Gasteiger charge is 2.60. The molecule has 33 heavy (non-hydrogen) atoms. The van der Waals surface area contributed by atoms with Gasteiger partial charge in [0.05, 0.1) is 4.92 Å². The van der Waals surface area contributed by atoms with Crippen LogP contribution in [0, 0.1) is 22.0 Å². The van der Waals surface area contributed by atoms with Crippen molar-refractivity contribution in [2.45, 2.75) is 23.7 Å². The minimum Gasteiger partial charge on any atom is -0.258 e. The molecule has 3 nitrogen and oxygen atoms in total. The number of benzene rings is 4. The molecular formula is C30H21NO2. The zero-order chi connectivity index (χ0) is 21.8. The van der Waals surface area contributed by atoms with Crippen LogP contribution >= 0.6 is 0 Å². The van der Waals surface area contributed by atoms with Gasteiger partial charge < -0.3 is 0 Å². The highest BCUT2D eigenvalue weighted by molar-refractivity contribution is 5.66. The summed E-state index contributed by atoms with van der Waals surface area (Å²) in [5.41, 5.74) is 11.4. The second kappa shape index (κ2) is 5.99. The van der Waals surface area contributed by atoms with Crippen LogP contribution in [0.1, 0.15) is 68.2 Å². The second-order valence-electron chi connectivity index (χ2n) is 10.0. The van der Waals surface area contributed by atoms with E-state index in [4.69, 9.17) is 0 Å². The van der Waals surface area contributed by atoms with Gasteiger partial charge in [-0.25, -0.2) is 0 Å². The van der Waals surface area contributed by atoms with E-state index in [9.17, 15) is 10.1 Å². The second-order valence-corrected chi connectivity index (χ2v) is 10.0. The Morgan fingerprint density at radius 3 is 1.18 bits per heavy atom. The minimum atomic E-state index is -0.246. The fraction of sp³-hybridized carbons (Fsp3) is 0.200. The van der Waals surface area contributed by atoms with Crippen molar-refractivity contribution in [1.82, 2.24) is 0 Å². The van der Waals surface area contributed by atoms with Crippen molar-refractivity contribution in [1.29, 1.82) is 0 Å². The van der Waals surface area contributed by atoms with E-state index < -0.39 is 0 Å². The summed E-state index contributed by atoms with van der Waals surface area (Å²) in [7, 11) is 0. The zero-order valence-electron chi connectivity index (χ0n) is 17.9. The summed E-state index contributed by atoms with van der Waals surface area (Å²) in [6.07, 6.45) is 0. The molecule has 4 atom stereocenters. The Hall–Kier alpha value is -3.72. The van der Waals surface area contributed by atoms with Crippen molar-refractivity contribution in [2.24, 2.45) is 11.8 Å². The van der Waals surface area contributed by atoms with E-state index in [0.29, 0.717) is 23.7 Å². The molecule has 0 N–H and O–H groups in total. The van der Waals surface area contributed by atoms with Crippen molar-refractivity contribution in [3.8, 4) is 0 Å². The van der Waals surface area contributed by atoms with Crippen LogP contribution in [0.25, 0.3) is 0 Å². The maximum atomic E-state index is 11.7. The molecule has 0 saturated heterocycles. The summed E-state index contributed by atoms with van der Waals surface area (Å²) in [4.78, 5) is 11.4. The number of nitro benzene ring substituents is 1.